The molecule has 0 aliphatic carbocycles. The number of β-lactam (4-membered cyclic amide) rings is 1. The van der Waals surface area contributed by atoms with Crippen molar-refractivity contribution in [1.29, 1.82) is 0 Å². The molecular weight excluding hydrogens is 609 g/mol. The van der Waals surface area contributed by atoms with Gasteiger partial charge in [0, 0.05) is 0 Å². The van der Waals surface area contributed by atoms with Gasteiger partial charge in [0.25, 0.3) is 5.91 Å². The minimum atomic E-state index is -6.18. The molecule has 0 saturated carbocycles. The van der Waals surface area contributed by atoms with Crippen LogP contribution in [0.3, 0.4) is 0 Å². The molecule has 0 radical (unpaired) electrons. The Hall–Kier alpha value is -4.30. The minimum Gasteiger partial charge on any atom is -0.448 e. The van der Waals surface area contributed by atoms with E-state index in [0.717, 1.165) is 16.7 Å². The fourth-order valence-corrected chi connectivity index (χ4v) is 6.40. The third kappa shape index (κ3) is 6.39. The molecule has 1 N–H and O–H groups in total. The van der Waals surface area contributed by atoms with Crippen LogP contribution in [0.4, 0.5) is 13.2 Å². The molecule has 3 aromatic rings. The largest absolute Gasteiger partial charge is 0.534 e. The summed E-state index contributed by atoms with van der Waals surface area (Å²) in [6.07, 6.45) is -1.10. The van der Waals surface area contributed by atoms with E-state index in [4.69, 9.17) is 4.74 Å². The lowest BCUT2D eigenvalue weighted by Crippen LogP contribution is -2.70. The van der Waals surface area contributed by atoms with Gasteiger partial charge in [0.05, 0.1) is 12.2 Å². The molecule has 2 heterocycles. The molecule has 14 heteroatoms. The fourth-order valence-electron chi connectivity index (χ4n) is 4.58. The molecule has 2 aliphatic rings. The Morgan fingerprint density at radius 1 is 0.930 bits per heavy atom. The summed E-state index contributed by atoms with van der Waals surface area (Å²) in [4.78, 5) is 40.4. The Morgan fingerprint density at radius 2 is 1.47 bits per heavy atom. The molecule has 2 aliphatic heterocycles. The van der Waals surface area contributed by atoms with Gasteiger partial charge in [-0.2, -0.15) is 21.6 Å². The number of carbonyl (C=O) groups excluding carboxylic acids is 3. The average Bonchev–Trinajstić information content (AvgIpc) is 2.99. The molecule has 43 heavy (non-hydrogen) atoms. The van der Waals surface area contributed by atoms with Crippen molar-refractivity contribution in [3.05, 3.63) is 119 Å². The predicted molar refractivity (Wildman–Crippen MR) is 149 cm³/mol. The Labute approximate surface area is 248 Å². The summed E-state index contributed by atoms with van der Waals surface area (Å²) in [5, 5.41) is 1.66. The average molecular weight is 633 g/mol. The Morgan fingerprint density at radius 3 is 2.00 bits per heavy atom. The first-order valence-corrected chi connectivity index (χ1v) is 15.2. The second kappa shape index (κ2) is 12.1. The molecule has 224 valence electrons. The number of benzene rings is 3. The number of hydrogen-bond acceptors (Lipinski definition) is 8. The van der Waals surface area contributed by atoms with Crippen LogP contribution >= 0.6 is 11.8 Å². The maximum absolute atomic E-state index is 13.7. The van der Waals surface area contributed by atoms with E-state index in [0.29, 0.717) is 16.7 Å². The zero-order chi connectivity index (χ0) is 30.8. The number of carbonyl (C=O) groups is 3. The Balaban J connectivity index is 1.46. The molecule has 1 fully saturated rings. The van der Waals surface area contributed by atoms with E-state index in [2.05, 4.69) is 9.50 Å². The van der Waals surface area contributed by atoms with Gasteiger partial charge in [-0.3, -0.25) is 14.5 Å². The van der Waals surface area contributed by atoms with Gasteiger partial charge in [-0.05, 0) is 16.7 Å². The van der Waals surface area contributed by atoms with E-state index in [9.17, 15) is 36.0 Å². The van der Waals surface area contributed by atoms with Crippen LogP contribution in [0.2, 0.25) is 0 Å². The van der Waals surface area contributed by atoms with Crippen LogP contribution in [-0.4, -0.2) is 53.8 Å². The monoisotopic (exact) mass is 632 g/mol. The molecule has 2 amide bonds. The smallest absolute Gasteiger partial charge is 0.448 e. The third-order valence-electron chi connectivity index (χ3n) is 6.57. The van der Waals surface area contributed by atoms with E-state index in [1.807, 2.05) is 0 Å². The summed E-state index contributed by atoms with van der Waals surface area (Å²) in [5.41, 5.74) is -4.87. The van der Waals surface area contributed by atoms with Crippen LogP contribution in [0, 0.1) is 0 Å². The maximum Gasteiger partial charge on any atom is 0.534 e. The summed E-state index contributed by atoms with van der Waals surface area (Å²) in [5.74, 6) is -4.05. The third-order valence-corrected chi connectivity index (χ3v) is 8.81. The van der Waals surface area contributed by atoms with E-state index in [-0.39, 0.29) is 6.42 Å². The number of thioether (sulfide) groups is 1. The lowest BCUT2D eigenvalue weighted by atomic mass is 10.0. The zero-order valence-corrected chi connectivity index (χ0v) is 23.7. The first-order chi connectivity index (χ1) is 20.5. The standard InChI is InChI=1S/C29H23F3N2O7S2/c30-29(31,32)43(38,39)41-21-17-42-27-23(33-22(35)16-18-10-4-1-5-11-18)26(36)34(27)24(21)28(37)40-25(19-12-6-2-7-13-19)20-14-8-3-9-15-20/h1-15,23,25,27H,16-17H2,(H,33,35)/t23-,27+/m1/s1. The summed E-state index contributed by atoms with van der Waals surface area (Å²) >= 11 is 0.833. The van der Waals surface area contributed by atoms with Gasteiger partial charge < -0.3 is 14.2 Å². The van der Waals surface area contributed by atoms with Crippen molar-refractivity contribution < 1.29 is 44.9 Å². The highest BCUT2D eigenvalue weighted by Crippen LogP contribution is 2.43. The number of rotatable bonds is 9. The van der Waals surface area contributed by atoms with E-state index < -0.39 is 68.1 Å². The van der Waals surface area contributed by atoms with Crippen LogP contribution in [0.15, 0.2) is 102 Å². The van der Waals surface area contributed by atoms with Crippen molar-refractivity contribution in [2.75, 3.05) is 5.75 Å². The molecule has 3 aromatic carbocycles. The summed E-state index contributed by atoms with van der Waals surface area (Å²) in [7, 11) is -6.18. The van der Waals surface area contributed by atoms with Gasteiger partial charge in [-0.1, -0.05) is 91.0 Å². The maximum atomic E-state index is 13.7. The summed E-state index contributed by atoms with van der Waals surface area (Å²) in [6.45, 7) is 0. The van der Waals surface area contributed by atoms with Crippen LogP contribution in [0.5, 0.6) is 0 Å². The van der Waals surface area contributed by atoms with Gasteiger partial charge in [-0.15, -0.1) is 11.8 Å². The lowest BCUT2D eigenvalue weighted by molar-refractivity contribution is -0.155. The van der Waals surface area contributed by atoms with E-state index in [1.54, 1.807) is 91.0 Å². The van der Waals surface area contributed by atoms with Gasteiger partial charge in [-0.25, -0.2) is 4.79 Å². The first-order valence-electron chi connectivity index (χ1n) is 12.8. The number of amides is 2. The highest BCUT2D eigenvalue weighted by Gasteiger charge is 2.57. The predicted octanol–water partition coefficient (Wildman–Crippen LogP) is 4.04. The van der Waals surface area contributed by atoms with Crippen molar-refractivity contribution in [1.82, 2.24) is 10.2 Å². The molecule has 0 bridgehead atoms. The van der Waals surface area contributed by atoms with Gasteiger partial charge in [0.2, 0.25) is 5.91 Å². The molecule has 0 spiro atoms. The number of ether oxygens (including phenoxy) is 1. The molecule has 9 nitrogen and oxygen atoms in total. The van der Waals surface area contributed by atoms with E-state index in [1.165, 1.54) is 0 Å². The first kappa shape index (κ1) is 30.2. The number of alkyl halides is 3. The second-order valence-electron chi connectivity index (χ2n) is 9.48. The Bertz CT molecular complexity index is 1610. The van der Waals surface area contributed by atoms with Gasteiger partial charge >= 0.3 is 21.6 Å². The van der Waals surface area contributed by atoms with E-state index >= 15 is 0 Å². The molecule has 0 aromatic heterocycles. The molecule has 0 unspecified atom stereocenters. The zero-order valence-electron chi connectivity index (χ0n) is 22.1. The van der Waals surface area contributed by atoms with Crippen LogP contribution < -0.4 is 5.32 Å². The quantitative estimate of drug-likeness (QED) is 0.163. The van der Waals surface area contributed by atoms with Crippen LogP contribution in [0.1, 0.15) is 22.8 Å². The lowest BCUT2D eigenvalue weighted by Gasteiger charge is -2.49. The highest BCUT2D eigenvalue weighted by atomic mass is 32.2. The van der Waals surface area contributed by atoms with Gasteiger partial charge in [0.15, 0.2) is 17.6 Å². The van der Waals surface area contributed by atoms with Crippen LogP contribution in [-0.2, 0) is 39.8 Å². The number of halogens is 3. The van der Waals surface area contributed by atoms with Crippen molar-refractivity contribution in [3.63, 3.8) is 0 Å². The van der Waals surface area contributed by atoms with Crippen molar-refractivity contribution in [2.45, 2.75) is 29.4 Å². The topological polar surface area (TPSA) is 119 Å². The van der Waals surface area contributed by atoms with Crippen molar-refractivity contribution in [3.8, 4) is 0 Å². The highest BCUT2D eigenvalue weighted by molar-refractivity contribution is 8.00. The number of hydrogen-bond donors (Lipinski definition) is 1. The Kier molecular flexibility index (Phi) is 8.51. The molecule has 5 rings (SSSR count). The number of fused-ring (bicyclic) bond motifs is 1. The molecular formula is C29H23F3N2O7S2. The number of nitrogens with one attached hydrogen (secondary N) is 1. The number of nitrogens with zero attached hydrogens (tertiary/aromatic N) is 1. The normalized spacial score (nSPS) is 18.5. The van der Waals surface area contributed by atoms with Crippen molar-refractivity contribution in [2.24, 2.45) is 0 Å². The summed E-state index contributed by atoms with van der Waals surface area (Å²) < 4.78 is 73.7. The van der Waals surface area contributed by atoms with Crippen LogP contribution in [0.25, 0.3) is 0 Å². The second-order valence-corrected chi connectivity index (χ2v) is 12.1. The minimum absolute atomic E-state index is 0.0409. The SMILES string of the molecule is O=C(Cc1ccccc1)N[C@@H]1C(=O)N2C(C(=O)OC(c3ccccc3)c3ccccc3)=C(OS(=O)(=O)C(F)(F)F)CS[C@@H]12. The molecule has 1 saturated heterocycles. The fraction of sp³-hybridized carbons (Fsp3) is 0.207. The van der Waals surface area contributed by atoms with Gasteiger partial charge in [0.1, 0.15) is 11.4 Å². The van der Waals surface area contributed by atoms with Crippen molar-refractivity contribution >= 4 is 39.7 Å². The number of esters is 1. The summed E-state index contributed by atoms with van der Waals surface area (Å²) in [6, 6.07) is 24.5. The molecule has 2 atom stereocenters.